The molecule has 98 valence electrons. The van der Waals surface area contributed by atoms with Crippen LogP contribution >= 0.6 is 0 Å². The average molecular weight is 252 g/mol. The molecule has 0 fully saturated rings. The van der Waals surface area contributed by atoms with E-state index in [-0.39, 0.29) is 0 Å². The first-order valence-corrected chi connectivity index (χ1v) is 6.96. The summed E-state index contributed by atoms with van der Waals surface area (Å²) in [5, 5.41) is 0. The van der Waals surface area contributed by atoms with E-state index in [1.807, 2.05) is 6.07 Å². The first-order valence-electron chi connectivity index (χ1n) is 6.96. The van der Waals surface area contributed by atoms with Crippen molar-refractivity contribution in [3.05, 3.63) is 59.7 Å². The maximum absolute atomic E-state index is 5.90. The van der Waals surface area contributed by atoms with Crippen LogP contribution in [0.25, 0.3) is 0 Å². The minimum atomic E-state index is 0.406. The molecule has 1 aliphatic rings. The van der Waals surface area contributed by atoms with Crippen LogP contribution in [-0.2, 0) is 6.42 Å². The van der Waals surface area contributed by atoms with Crippen LogP contribution in [0.5, 0.6) is 0 Å². The van der Waals surface area contributed by atoms with Gasteiger partial charge in [-0.2, -0.15) is 0 Å². The minimum absolute atomic E-state index is 0.406. The largest absolute Gasteiger partial charge is 0.399 e. The molecule has 2 aromatic carbocycles. The summed E-state index contributed by atoms with van der Waals surface area (Å²) in [6, 6.07) is 17.4. The first kappa shape index (κ1) is 12.1. The number of fused-ring (bicyclic) bond motifs is 1. The fourth-order valence-corrected chi connectivity index (χ4v) is 2.96. The summed E-state index contributed by atoms with van der Waals surface area (Å²) in [5.41, 5.74) is 10.9. The van der Waals surface area contributed by atoms with Gasteiger partial charge in [0.1, 0.15) is 0 Å². The van der Waals surface area contributed by atoms with E-state index in [9.17, 15) is 0 Å². The van der Waals surface area contributed by atoms with E-state index >= 15 is 0 Å². The highest BCUT2D eigenvalue weighted by atomic mass is 15.2. The van der Waals surface area contributed by atoms with E-state index in [2.05, 4.69) is 54.3 Å². The number of anilines is 2. The summed E-state index contributed by atoms with van der Waals surface area (Å²) < 4.78 is 0. The number of nitrogen functional groups attached to an aromatic ring is 1. The summed E-state index contributed by atoms with van der Waals surface area (Å²) in [5.74, 6) is 0. The second-order valence-electron chi connectivity index (χ2n) is 5.27. The Balaban J connectivity index is 1.95. The van der Waals surface area contributed by atoms with Crippen molar-refractivity contribution in [2.24, 2.45) is 0 Å². The number of nitrogens with two attached hydrogens (primary N) is 1. The fraction of sp³-hybridized carbons (Fsp3) is 0.294. The molecule has 3 rings (SSSR count). The van der Waals surface area contributed by atoms with Gasteiger partial charge in [-0.3, -0.25) is 0 Å². The smallest absolute Gasteiger partial charge is 0.0514 e. The van der Waals surface area contributed by atoms with Crippen molar-refractivity contribution in [3.8, 4) is 0 Å². The summed E-state index contributed by atoms with van der Waals surface area (Å²) in [7, 11) is 0. The number of nitrogens with zero attached hydrogens (tertiary/aromatic N) is 1. The average Bonchev–Trinajstić information content (AvgIpc) is 2.46. The predicted octanol–water partition coefficient (Wildman–Crippen LogP) is 3.78. The molecule has 2 N–H and O–H groups in total. The normalized spacial score (nSPS) is 15.9. The topological polar surface area (TPSA) is 29.3 Å². The lowest BCUT2D eigenvalue weighted by atomic mass is 9.97. The van der Waals surface area contributed by atoms with Crippen molar-refractivity contribution in [3.63, 3.8) is 0 Å². The lowest BCUT2D eigenvalue weighted by Gasteiger charge is -2.36. The molecule has 0 amide bonds. The van der Waals surface area contributed by atoms with Gasteiger partial charge in [-0.1, -0.05) is 30.3 Å². The molecular formula is C17H20N2. The van der Waals surface area contributed by atoms with Crippen LogP contribution in [0.15, 0.2) is 48.5 Å². The van der Waals surface area contributed by atoms with Gasteiger partial charge < -0.3 is 10.6 Å². The zero-order valence-corrected chi connectivity index (χ0v) is 11.3. The molecule has 0 saturated carbocycles. The number of rotatable bonds is 2. The predicted molar refractivity (Wildman–Crippen MR) is 81.4 cm³/mol. The third kappa shape index (κ3) is 2.30. The molecule has 1 heterocycles. The van der Waals surface area contributed by atoms with Crippen molar-refractivity contribution in [1.29, 1.82) is 0 Å². The molecule has 0 aliphatic carbocycles. The number of benzene rings is 2. The van der Waals surface area contributed by atoms with E-state index in [1.54, 1.807) is 0 Å². The summed E-state index contributed by atoms with van der Waals surface area (Å²) in [4.78, 5) is 2.49. The van der Waals surface area contributed by atoms with Crippen LogP contribution < -0.4 is 10.6 Å². The first-order chi connectivity index (χ1) is 9.25. The van der Waals surface area contributed by atoms with Crippen molar-refractivity contribution < 1.29 is 0 Å². The molecule has 0 saturated heterocycles. The fourth-order valence-electron chi connectivity index (χ4n) is 2.96. The molecular weight excluding hydrogens is 232 g/mol. The molecule has 0 radical (unpaired) electrons. The standard InChI is InChI=1S/C17H20N2/c1-13(14-6-3-2-4-7-14)19-11-5-8-15-12-16(18)9-10-17(15)19/h2-4,6-7,9-10,12-13H,5,8,11,18H2,1H3. The molecule has 2 aromatic rings. The molecule has 0 spiro atoms. The summed E-state index contributed by atoms with van der Waals surface area (Å²) in [6.07, 6.45) is 2.34. The van der Waals surface area contributed by atoms with Gasteiger partial charge in [-0.05, 0) is 49.1 Å². The minimum Gasteiger partial charge on any atom is -0.399 e. The highest BCUT2D eigenvalue weighted by Crippen LogP contribution is 2.34. The van der Waals surface area contributed by atoms with Gasteiger partial charge in [0.2, 0.25) is 0 Å². The van der Waals surface area contributed by atoms with E-state index < -0.39 is 0 Å². The Hall–Kier alpha value is -1.96. The number of hydrogen-bond donors (Lipinski definition) is 1. The van der Waals surface area contributed by atoms with E-state index in [0.29, 0.717) is 6.04 Å². The molecule has 0 aromatic heterocycles. The molecule has 1 aliphatic heterocycles. The van der Waals surface area contributed by atoms with Gasteiger partial charge in [0.05, 0.1) is 6.04 Å². The lowest BCUT2D eigenvalue weighted by Crippen LogP contribution is -2.32. The van der Waals surface area contributed by atoms with E-state index in [4.69, 9.17) is 5.73 Å². The second kappa shape index (κ2) is 4.96. The SMILES string of the molecule is CC(c1ccccc1)N1CCCc2cc(N)ccc21. The van der Waals surface area contributed by atoms with Crippen LogP contribution in [0.4, 0.5) is 11.4 Å². The maximum atomic E-state index is 5.90. The van der Waals surface area contributed by atoms with Gasteiger partial charge in [0, 0.05) is 17.9 Å². The van der Waals surface area contributed by atoms with E-state index in [0.717, 1.165) is 18.7 Å². The van der Waals surface area contributed by atoms with Crippen LogP contribution in [0.3, 0.4) is 0 Å². The van der Waals surface area contributed by atoms with Crippen LogP contribution in [0, 0.1) is 0 Å². The van der Waals surface area contributed by atoms with Gasteiger partial charge in [-0.25, -0.2) is 0 Å². The maximum Gasteiger partial charge on any atom is 0.0514 e. The summed E-state index contributed by atoms with van der Waals surface area (Å²) >= 11 is 0. The molecule has 2 heteroatoms. The Labute approximate surface area is 114 Å². The molecule has 2 nitrogen and oxygen atoms in total. The Morgan fingerprint density at radius 3 is 2.68 bits per heavy atom. The number of hydrogen-bond acceptors (Lipinski definition) is 2. The highest BCUT2D eigenvalue weighted by molar-refractivity contribution is 5.62. The highest BCUT2D eigenvalue weighted by Gasteiger charge is 2.22. The molecule has 1 unspecified atom stereocenters. The van der Waals surface area contributed by atoms with Crippen molar-refractivity contribution in [2.75, 3.05) is 17.2 Å². The van der Waals surface area contributed by atoms with Gasteiger partial charge in [0.25, 0.3) is 0 Å². The summed E-state index contributed by atoms with van der Waals surface area (Å²) in [6.45, 7) is 3.40. The Morgan fingerprint density at radius 2 is 1.89 bits per heavy atom. The Bertz CT molecular complexity index is 563. The molecule has 1 atom stereocenters. The second-order valence-corrected chi connectivity index (χ2v) is 5.27. The van der Waals surface area contributed by atoms with Crippen LogP contribution in [0.1, 0.15) is 30.5 Å². The Morgan fingerprint density at radius 1 is 1.11 bits per heavy atom. The van der Waals surface area contributed by atoms with Crippen LogP contribution in [0.2, 0.25) is 0 Å². The zero-order valence-electron chi connectivity index (χ0n) is 11.3. The van der Waals surface area contributed by atoms with Crippen molar-refractivity contribution >= 4 is 11.4 Å². The van der Waals surface area contributed by atoms with E-state index in [1.165, 1.54) is 23.2 Å². The third-order valence-electron chi connectivity index (χ3n) is 4.01. The van der Waals surface area contributed by atoms with Crippen molar-refractivity contribution in [2.45, 2.75) is 25.8 Å². The van der Waals surface area contributed by atoms with Gasteiger partial charge >= 0.3 is 0 Å². The molecule has 19 heavy (non-hydrogen) atoms. The molecule has 0 bridgehead atoms. The quantitative estimate of drug-likeness (QED) is 0.824. The van der Waals surface area contributed by atoms with Gasteiger partial charge in [0.15, 0.2) is 0 Å². The third-order valence-corrected chi connectivity index (χ3v) is 4.01. The van der Waals surface area contributed by atoms with Crippen molar-refractivity contribution in [1.82, 2.24) is 0 Å². The van der Waals surface area contributed by atoms with Gasteiger partial charge in [-0.15, -0.1) is 0 Å². The zero-order chi connectivity index (χ0) is 13.2. The Kier molecular flexibility index (Phi) is 3.16. The lowest BCUT2D eigenvalue weighted by molar-refractivity contribution is 0.616. The van der Waals surface area contributed by atoms with Crippen LogP contribution in [-0.4, -0.2) is 6.54 Å². The monoisotopic (exact) mass is 252 g/mol. The number of aryl methyl sites for hydroxylation is 1.